The molecule has 0 aliphatic rings. The molecule has 24 heavy (non-hydrogen) atoms. The van der Waals surface area contributed by atoms with Crippen LogP contribution in [0.15, 0.2) is 47.9 Å². The third kappa shape index (κ3) is 4.99. The van der Waals surface area contributed by atoms with Crippen LogP contribution in [0.5, 0.6) is 0 Å². The third-order valence-electron chi connectivity index (χ3n) is 3.21. The highest BCUT2D eigenvalue weighted by Crippen LogP contribution is 2.30. The van der Waals surface area contributed by atoms with Crippen LogP contribution in [0.2, 0.25) is 0 Å². The molecule has 0 saturated heterocycles. The molecule has 0 unspecified atom stereocenters. The van der Waals surface area contributed by atoms with E-state index >= 15 is 0 Å². The SMILES string of the molecule is CSc1nccc(C(=CN(C)C)Cc2cccc(C(F)(F)F)c2)n1. The van der Waals surface area contributed by atoms with Gasteiger partial charge in [0.15, 0.2) is 5.16 Å². The summed E-state index contributed by atoms with van der Waals surface area (Å²) in [6, 6.07) is 7.15. The standard InChI is InChI=1S/C17H18F3N3S/c1-23(2)11-13(15-7-8-21-16(22-15)24-3)9-12-5-4-6-14(10-12)17(18,19)20/h4-8,10-11H,9H2,1-3H3. The Labute approximate surface area is 143 Å². The van der Waals surface area contributed by atoms with Gasteiger partial charge in [0, 0.05) is 32.9 Å². The fourth-order valence-electron chi connectivity index (χ4n) is 2.21. The van der Waals surface area contributed by atoms with Crippen LogP contribution in [0.3, 0.4) is 0 Å². The minimum absolute atomic E-state index is 0.354. The lowest BCUT2D eigenvalue weighted by molar-refractivity contribution is -0.137. The number of nitrogens with zero attached hydrogens (tertiary/aromatic N) is 3. The minimum atomic E-state index is -4.34. The van der Waals surface area contributed by atoms with Gasteiger partial charge >= 0.3 is 6.18 Å². The Balaban J connectivity index is 2.37. The predicted octanol–water partition coefficient (Wildman–Crippen LogP) is 4.36. The summed E-state index contributed by atoms with van der Waals surface area (Å²) < 4.78 is 38.7. The monoisotopic (exact) mass is 353 g/mol. The van der Waals surface area contributed by atoms with E-state index in [1.165, 1.54) is 23.9 Å². The highest BCUT2D eigenvalue weighted by atomic mass is 32.2. The van der Waals surface area contributed by atoms with E-state index in [9.17, 15) is 13.2 Å². The predicted molar refractivity (Wildman–Crippen MR) is 90.6 cm³/mol. The van der Waals surface area contributed by atoms with Crippen molar-refractivity contribution >= 4 is 17.3 Å². The molecule has 1 aromatic carbocycles. The van der Waals surface area contributed by atoms with Gasteiger partial charge in [0.25, 0.3) is 0 Å². The maximum atomic E-state index is 12.9. The Bertz CT molecular complexity index is 727. The van der Waals surface area contributed by atoms with Gasteiger partial charge in [-0.05, 0) is 29.5 Å². The van der Waals surface area contributed by atoms with Gasteiger partial charge in [0.05, 0.1) is 11.3 Å². The molecule has 0 radical (unpaired) electrons. The summed E-state index contributed by atoms with van der Waals surface area (Å²) >= 11 is 1.42. The molecule has 0 aliphatic heterocycles. The Hall–Kier alpha value is -2.02. The molecule has 128 valence electrons. The molecule has 0 aliphatic carbocycles. The number of aromatic nitrogens is 2. The van der Waals surface area contributed by atoms with E-state index < -0.39 is 11.7 Å². The number of rotatable bonds is 5. The van der Waals surface area contributed by atoms with Crippen molar-refractivity contribution in [1.82, 2.24) is 14.9 Å². The van der Waals surface area contributed by atoms with Crippen LogP contribution in [0.4, 0.5) is 13.2 Å². The van der Waals surface area contributed by atoms with Crippen LogP contribution in [0.1, 0.15) is 16.8 Å². The molecule has 0 bridgehead atoms. The molecular weight excluding hydrogens is 335 g/mol. The first-order valence-corrected chi connectivity index (χ1v) is 8.42. The van der Waals surface area contributed by atoms with Crippen LogP contribution in [0.25, 0.3) is 5.57 Å². The van der Waals surface area contributed by atoms with E-state index in [-0.39, 0.29) is 0 Å². The van der Waals surface area contributed by atoms with E-state index in [0.29, 0.717) is 22.8 Å². The third-order valence-corrected chi connectivity index (χ3v) is 3.77. The van der Waals surface area contributed by atoms with E-state index in [4.69, 9.17) is 0 Å². The number of thioether (sulfide) groups is 1. The van der Waals surface area contributed by atoms with Gasteiger partial charge in [-0.3, -0.25) is 0 Å². The number of allylic oxidation sites excluding steroid dienone is 1. The van der Waals surface area contributed by atoms with Gasteiger partial charge in [-0.25, -0.2) is 9.97 Å². The second-order valence-electron chi connectivity index (χ2n) is 5.42. The molecule has 7 heteroatoms. The maximum absolute atomic E-state index is 12.9. The van der Waals surface area contributed by atoms with Crippen molar-refractivity contribution in [2.24, 2.45) is 0 Å². The highest BCUT2D eigenvalue weighted by molar-refractivity contribution is 7.98. The summed E-state index contributed by atoms with van der Waals surface area (Å²) in [6.45, 7) is 0. The van der Waals surface area contributed by atoms with Crippen LogP contribution < -0.4 is 0 Å². The van der Waals surface area contributed by atoms with Gasteiger partial charge in [-0.2, -0.15) is 13.2 Å². The van der Waals surface area contributed by atoms with Crippen LogP contribution in [0, 0.1) is 0 Å². The van der Waals surface area contributed by atoms with Crippen LogP contribution >= 0.6 is 11.8 Å². The van der Waals surface area contributed by atoms with Crippen molar-refractivity contribution in [3.8, 4) is 0 Å². The lowest BCUT2D eigenvalue weighted by atomic mass is 10.0. The zero-order chi connectivity index (χ0) is 17.7. The average Bonchev–Trinajstić information content (AvgIpc) is 2.53. The summed E-state index contributed by atoms with van der Waals surface area (Å²) in [5, 5.41) is 0.626. The second-order valence-corrected chi connectivity index (χ2v) is 6.19. The zero-order valence-electron chi connectivity index (χ0n) is 13.6. The van der Waals surface area contributed by atoms with Gasteiger partial charge in [-0.1, -0.05) is 30.0 Å². The summed E-state index contributed by atoms with van der Waals surface area (Å²) in [5.74, 6) is 0. The lowest BCUT2D eigenvalue weighted by Crippen LogP contribution is -2.07. The van der Waals surface area contributed by atoms with E-state index in [0.717, 1.165) is 11.6 Å². The molecule has 2 aromatic rings. The van der Waals surface area contributed by atoms with E-state index in [1.54, 1.807) is 18.3 Å². The van der Waals surface area contributed by atoms with E-state index in [1.807, 2.05) is 31.5 Å². The van der Waals surface area contributed by atoms with Gasteiger partial charge < -0.3 is 4.90 Å². The maximum Gasteiger partial charge on any atom is 0.416 e. The molecule has 1 heterocycles. The Morgan fingerprint density at radius 1 is 1.25 bits per heavy atom. The summed E-state index contributed by atoms with van der Waals surface area (Å²) in [7, 11) is 3.73. The quantitative estimate of drug-likeness (QED) is 0.590. The number of hydrogen-bond acceptors (Lipinski definition) is 4. The molecule has 1 aromatic heterocycles. The van der Waals surface area contributed by atoms with Crippen molar-refractivity contribution in [3.05, 3.63) is 59.5 Å². The van der Waals surface area contributed by atoms with Crippen molar-refractivity contribution < 1.29 is 13.2 Å². The molecule has 3 nitrogen and oxygen atoms in total. The molecule has 0 spiro atoms. The molecule has 0 fully saturated rings. The largest absolute Gasteiger partial charge is 0.416 e. The second kappa shape index (κ2) is 7.70. The van der Waals surface area contributed by atoms with Gasteiger partial charge in [0.1, 0.15) is 0 Å². The normalized spacial score (nSPS) is 12.3. The van der Waals surface area contributed by atoms with Crippen molar-refractivity contribution in [2.75, 3.05) is 20.4 Å². The number of halogens is 3. The first-order valence-electron chi connectivity index (χ1n) is 7.20. The lowest BCUT2D eigenvalue weighted by Gasteiger charge is -2.14. The number of alkyl halides is 3. The minimum Gasteiger partial charge on any atom is -0.383 e. The molecule has 0 saturated carbocycles. The molecular formula is C17H18F3N3S. The smallest absolute Gasteiger partial charge is 0.383 e. The Kier molecular flexibility index (Phi) is 5.88. The Morgan fingerprint density at radius 2 is 2.00 bits per heavy atom. The average molecular weight is 353 g/mol. The molecule has 0 N–H and O–H groups in total. The number of benzene rings is 1. The molecule has 2 rings (SSSR count). The first kappa shape index (κ1) is 18.3. The van der Waals surface area contributed by atoms with Crippen molar-refractivity contribution in [1.29, 1.82) is 0 Å². The molecule has 0 atom stereocenters. The summed E-state index contributed by atoms with van der Waals surface area (Å²) in [5.41, 5.74) is 1.48. The van der Waals surface area contributed by atoms with Crippen LogP contribution in [-0.2, 0) is 12.6 Å². The van der Waals surface area contributed by atoms with Gasteiger partial charge in [0.2, 0.25) is 0 Å². The Morgan fingerprint density at radius 3 is 2.62 bits per heavy atom. The topological polar surface area (TPSA) is 29.0 Å². The van der Waals surface area contributed by atoms with Crippen molar-refractivity contribution in [3.63, 3.8) is 0 Å². The van der Waals surface area contributed by atoms with E-state index in [2.05, 4.69) is 9.97 Å². The van der Waals surface area contributed by atoms with Crippen molar-refractivity contribution in [2.45, 2.75) is 17.8 Å². The zero-order valence-corrected chi connectivity index (χ0v) is 14.4. The molecule has 0 amide bonds. The van der Waals surface area contributed by atoms with Gasteiger partial charge in [-0.15, -0.1) is 0 Å². The first-order chi connectivity index (χ1) is 11.3. The number of hydrogen-bond donors (Lipinski definition) is 0. The van der Waals surface area contributed by atoms with Crippen LogP contribution in [-0.4, -0.2) is 35.2 Å². The fourth-order valence-corrected chi connectivity index (χ4v) is 2.57. The fraction of sp³-hybridized carbons (Fsp3) is 0.294. The highest BCUT2D eigenvalue weighted by Gasteiger charge is 2.30. The summed E-state index contributed by atoms with van der Waals surface area (Å²) in [4.78, 5) is 10.4. The summed E-state index contributed by atoms with van der Waals surface area (Å²) in [6.07, 6.45) is 1.41.